The molecule has 1 aliphatic heterocycles. The number of hydrogen-bond acceptors (Lipinski definition) is 7. The van der Waals surface area contributed by atoms with Gasteiger partial charge >= 0.3 is 5.63 Å². The van der Waals surface area contributed by atoms with E-state index in [0.29, 0.717) is 58.1 Å². The first-order valence-corrected chi connectivity index (χ1v) is 12.0. The lowest BCUT2D eigenvalue weighted by Gasteiger charge is -2.33. The molecule has 0 saturated heterocycles. The van der Waals surface area contributed by atoms with E-state index in [1.807, 2.05) is 45.0 Å². The molecule has 0 unspecified atom stereocenters. The van der Waals surface area contributed by atoms with Gasteiger partial charge < -0.3 is 28.7 Å². The third-order valence-electron chi connectivity index (χ3n) is 6.68. The van der Waals surface area contributed by atoms with Crippen molar-refractivity contribution in [1.29, 1.82) is 0 Å². The number of benzene rings is 2. The molecule has 2 heterocycles. The SMILES string of the molecule is COc1ccc(CCNC(=O)Cc2c(C)c3c(OC)cc4c(c3oc2=O)CCC(C)(C)O4)cc1OC. The van der Waals surface area contributed by atoms with Gasteiger partial charge in [0.25, 0.3) is 0 Å². The number of hydrogen-bond donors (Lipinski definition) is 1. The van der Waals surface area contributed by atoms with Gasteiger partial charge in [0.1, 0.15) is 22.7 Å². The van der Waals surface area contributed by atoms with Crippen LogP contribution < -0.4 is 29.9 Å². The lowest BCUT2D eigenvalue weighted by molar-refractivity contribution is -0.120. The van der Waals surface area contributed by atoms with Crippen molar-refractivity contribution in [3.05, 3.63) is 56.9 Å². The van der Waals surface area contributed by atoms with Crippen LogP contribution in [0.25, 0.3) is 11.0 Å². The minimum atomic E-state index is -0.518. The molecular formula is C28H33NO7. The van der Waals surface area contributed by atoms with E-state index in [9.17, 15) is 9.59 Å². The number of methoxy groups -OCH3 is 3. The largest absolute Gasteiger partial charge is 0.496 e. The summed E-state index contributed by atoms with van der Waals surface area (Å²) in [4.78, 5) is 25.7. The van der Waals surface area contributed by atoms with Gasteiger partial charge in [-0.25, -0.2) is 4.79 Å². The maximum absolute atomic E-state index is 13.0. The number of amides is 1. The molecule has 0 saturated carbocycles. The van der Waals surface area contributed by atoms with Crippen LogP contribution in [-0.4, -0.2) is 39.4 Å². The molecule has 3 aromatic rings. The average molecular weight is 496 g/mol. The highest BCUT2D eigenvalue weighted by Crippen LogP contribution is 2.43. The highest BCUT2D eigenvalue weighted by molar-refractivity contribution is 5.93. The Morgan fingerprint density at radius 3 is 2.47 bits per heavy atom. The highest BCUT2D eigenvalue weighted by Gasteiger charge is 2.31. The Bertz CT molecular complexity index is 1360. The lowest BCUT2D eigenvalue weighted by atomic mass is 9.91. The van der Waals surface area contributed by atoms with Crippen LogP contribution in [0.3, 0.4) is 0 Å². The molecule has 4 rings (SSSR count). The summed E-state index contributed by atoms with van der Waals surface area (Å²) < 4.78 is 28.1. The van der Waals surface area contributed by atoms with Gasteiger partial charge in [0, 0.05) is 18.2 Å². The summed E-state index contributed by atoms with van der Waals surface area (Å²) in [6.07, 6.45) is 2.04. The number of ether oxygens (including phenoxy) is 4. The number of aryl methyl sites for hydroxylation is 2. The first-order valence-electron chi connectivity index (χ1n) is 12.0. The molecule has 0 atom stereocenters. The van der Waals surface area contributed by atoms with E-state index in [4.69, 9.17) is 23.4 Å². The Hall–Kier alpha value is -3.68. The van der Waals surface area contributed by atoms with Gasteiger partial charge in [-0.05, 0) is 63.3 Å². The minimum absolute atomic E-state index is 0.0835. The van der Waals surface area contributed by atoms with E-state index in [-0.39, 0.29) is 17.9 Å². The summed E-state index contributed by atoms with van der Waals surface area (Å²) in [5.74, 6) is 2.25. The van der Waals surface area contributed by atoms with Gasteiger partial charge in [-0.3, -0.25) is 4.79 Å². The fourth-order valence-corrected chi connectivity index (χ4v) is 4.65. The van der Waals surface area contributed by atoms with Crippen molar-refractivity contribution in [2.24, 2.45) is 0 Å². The van der Waals surface area contributed by atoms with Crippen molar-refractivity contribution in [3.63, 3.8) is 0 Å². The summed E-state index contributed by atoms with van der Waals surface area (Å²) in [6.45, 7) is 6.30. The van der Waals surface area contributed by atoms with Gasteiger partial charge in [-0.15, -0.1) is 0 Å². The van der Waals surface area contributed by atoms with Crippen LogP contribution in [0.15, 0.2) is 33.5 Å². The van der Waals surface area contributed by atoms with Crippen LogP contribution in [-0.2, 0) is 24.1 Å². The quantitative estimate of drug-likeness (QED) is 0.470. The fraction of sp³-hybridized carbons (Fsp3) is 0.429. The zero-order chi connectivity index (χ0) is 26.0. The highest BCUT2D eigenvalue weighted by atomic mass is 16.5. The Kier molecular flexibility index (Phi) is 7.15. The van der Waals surface area contributed by atoms with E-state index in [0.717, 1.165) is 24.0 Å². The van der Waals surface area contributed by atoms with Crippen LogP contribution in [0.2, 0.25) is 0 Å². The van der Waals surface area contributed by atoms with Crippen LogP contribution in [0.5, 0.6) is 23.0 Å². The summed E-state index contributed by atoms with van der Waals surface area (Å²) in [5.41, 5.74) is 2.50. The third-order valence-corrected chi connectivity index (χ3v) is 6.68. The lowest BCUT2D eigenvalue weighted by Crippen LogP contribution is -2.33. The van der Waals surface area contributed by atoms with Crippen molar-refractivity contribution in [2.75, 3.05) is 27.9 Å². The summed E-state index contributed by atoms with van der Waals surface area (Å²) in [5, 5.41) is 3.59. The normalized spacial score (nSPS) is 14.1. The van der Waals surface area contributed by atoms with Crippen LogP contribution >= 0.6 is 0 Å². The van der Waals surface area contributed by atoms with Crippen molar-refractivity contribution >= 4 is 16.9 Å². The first-order chi connectivity index (χ1) is 17.2. The molecule has 1 aliphatic rings. The molecule has 0 aliphatic carbocycles. The van der Waals surface area contributed by atoms with Gasteiger partial charge in [0.05, 0.1) is 38.7 Å². The maximum Gasteiger partial charge on any atom is 0.340 e. The van der Waals surface area contributed by atoms with E-state index >= 15 is 0 Å². The first kappa shape index (κ1) is 25.4. The van der Waals surface area contributed by atoms with Crippen molar-refractivity contribution in [2.45, 2.75) is 52.1 Å². The van der Waals surface area contributed by atoms with Crippen molar-refractivity contribution in [1.82, 2.24) is 5.32 Å². The molecule has 1 amide bonds. The third kappa shape index (κ3) is 4.98. The second kappa shape index (κ2) is 10.1. The number of rotatable bonds is 8. The van der Waals surface area contributed by atoms with Crippen LogP contribution in [0, 0.1) is 6.92 Å². The summed E-state index contributed by atoms with van der Waals surface area (Å²) in [6, 6.07) is 7.48. The van der Waals surface area contributed by atoms with Crippen molar-refractivity contribution in [3.8, 4) is 23.0 Å². The zero-order valence-electron chi connectivity index (χ0n) is 21.7. The zero-order valence-corrected chi connectivity index (χ0v) is 21.7. The number of carbonyl (C=O) groups is 1. The molecule has 0 fully saturated rings. The monoisotopic (exact) mass is 495 g/mol. The predicted molar refractivity (Wildman–Crippen MR) is 137 cm³/mol. The smallest absolute Gasteiger partial charge is 0.340 e. The van der Waals surface area contributed by atoms with E-state index in [2.05, 4.69) is 5.32 Å². The predicted octanol–water partition coefficient (Wildman–Crippen LogP) is 4.13. The Labute approximate surface area is 210 Å². The van der Waals surface area contributed by atoms with E-state index in [1.54, 1.807) is 21.3 Å². The molecule has 2 aromatic carbocycles. The van der Waals surface area contributed by atoms with E-state index < -0.39 is 5.63 Å². The molecule has 0 bridgehead atoms. The van der Waals surface area contributed by atoms with Gasteiger partial charge in [0.2, 0.25) is 5.91 Å². The summed E-state index contributed by atoms with van der Waals surface area (Å²) >= 11 is 0. The Morgan fingerprint density at radius 2 is 1.78 bits per heavy atom. The Morgan fingerprint density at radius 1 is 1.06 bits per heavy atom. The average Bonchev–Trinajstić information content (AvgIpc) is 2.84. The van der Waals surface area contributed by atoms with E-state index in [1.165, 1.54) is 0 Å². The molecule has 1 N–H and O–H groups in total. The number of fused-ring (bicyclic) bond motifs is 3. The summed E-state index contributed by atoms with van der Waals surface area (Å²) in [7, 11) is 4.74. The maximum atomic E-state index is 13.0. The van der Waals surface area contributed by atoms with Crippen LogP contribution in [0.4, 0.5) is 0 Å². The molecule has 36 heavy (non-hydrogen) atoms. The molecule has 1 aromatic heterocycles. The molecule has 8 heteroatoms. The Balaban J connectivity index is 1.54. The van der Waals surface area contributed by atoms with Gasteiger partial charge in [-0.2, -0.15) is 0 Å². The fourth-order valence-electron chi connectivity index (χ4n) is 4.65. The molecule has 0 spiro atoms. The molecular weight excluding hydrogens is 462 g/mol. The van der Waals surface area contributed by atoms with Crippen LogP contribution in [0.1, 0.15) is 42.5 Å². The molecule has 192 valence electrons. The standard InChI is InChI=1S/C28H33NO7/c1-16-19(14-24(30)29-12-10-17-7-8-20(32-4)22(13-17)33-5)27(31)35-26-18-9-11-28(2,3)36-21(18)15-23(34-6)25(16)26/h7-8,13,15H,9-12,14H2,1-6H3,(H,29,30). The number of carbonyl (C=O) groups excluding carboxylic acids is 1. The minimum Gasteiger partial charge on any atom is -0.496 e. The van der Waals surface area contributed by atoms with Crippen molar-refractivity contribution < 1.29 is 28.2 Å². The number of nitrogens with one attached hydrogen (secondary N) is 1. The van der Waals surface area contributed by atoms with Gasteiger partial charge in [-0.1, -0.05) is 6.07 Å². The second-order valence-electron chi connectivity index (χ2n) is 9.58. The molecule has 8 nitrogen and oxygen atoms in total. The second-order valence-corrected chi connectivity index (χ2v) is 9.58. The van der Waals surface area contributed by atoms with Gasteiger partial charge in [0.15, 0.2) is 11.5 Å². The topological polar surface area (TPSA) is 96.2 Å². The molecule has 0 radical (unpaired) electrons.